The van der Waals surface area contributed by atoms with Gasteiger partial charge in [0.05, 0.1) is 18.3 Å². The van der Waals surface area contributed by atoms with Gasteiger partial charge in [-0.1, -0.05) is 23.4 Å². The van der Waals surface area contributed by atoms with Crippen LogP contribution in [0.5, 0.6) is 0 Å². The Bertz CT molecular complexity index is 939. The first-order chi connectivity index (χ1) is 13.7. The Kier molecular flexibility index (Phi) is 5.43. The molecule has 1 aliphatic heterocycles. The quantitative estimate of drug-likeness (QED) is 0.651. The molecule has 0 aliphatic carbocycles. The minimum Gasteiger partial charge on any atom is -0.376 e. The molecule has 0 spiro atoms. The second kappa shape index (κ2) is 8.31. The standard InChI is InChI=1S/C21H20FN3O3/c22-16-6-3-5-15(11-16)19-12-20(28-24-19)21(26)25(14-18-8-4-10-27-18)13-17-7-1-2-9-23-17/h1-3,5-7,9,11-12,18H,4,8,10,13-14H2. The Labute approximate surface area is 161 Å². The first-order valence-corrected chi connectivity index (χ1v) is 9.22. The first kappa shape index (κ1) is 18.3. The van der Waals surface area contributed by atoms with Gasteiger partial charge in [0.2, 0.25) is 5.76 Å². The average molecular weight is 381 g/mol. The summed E-state index contributed by atoms with van der Waals surface area (Å²) in [7, 11) is 0. The summed E-state index contributed by atoms with van der Waals surface area (Å²) in [6.45, 7) is 1.50. The van der Waals surface area contributed by atoms with Crippen LogP contribution in [-0.2, 0) is 11.3 Å². The molecule has 1 saturated heterocycles. The minimum absolute atomic E-state index is 0.00160. The monoisotopic (exact) mass is 381 g/mol. The average Bonchev–Trinajstić information content (AvgIpc) is 3.40. The summed E-state index contributed by atoms with van der Waals surface area (Å²) in [6, 6.07) is 13.1. The van der Waals surface area contributed by atoms with Crippen molar-refractivity contribution in [2.75, 3.05) is 13.2 Å². The molecular weight excluding hydrogens is 361 g/mol. The van der Waals surface area contributed by atoms with Crippen LogP contribution in [-0.4, -0.2) is 40.2 Å². The van der Waals surface area contributed by atoms with Gasteiger partial charge in [0, 0.05) is 31.0 Å². The molecule has 3 aromatic rings. The third-order valence-electron chi connectivity index (χ3n) is 4.66. The summed E-state index contributed by atoms with van der Waals surface area (Å²) in [6.07, 6.45) is 3.60. The van der Waals surface area contributed by atoms with Gasteiger partial charge in [-0.05, 0) is 37.1 Å². The molecule has 4 rings (SSSR count). The second-order valence-corrected chi connectivity index (χ2v) is 6.73. The predicted octanol–water partition coefficient (Wildman–Crippen LogP) is 3.70. The Hall–Kier alpha value is -3.06. The molecular formula is C21H20FN3O3. The van der Waals surface area contributed by atoms with E-state index < -0.39 is 0 Å². The molecule has 1 aromatic carbocycles. The van der Waals surface area contributed by atoms with Gasteiger partial charge in [-0.3, -0.25) is 9.78 Å². The van der Waals surface area contributed by atoms with Crippen LogP contribution in [0, 0.1) is 5.82 Å². The van der Waals surface area contributed by atoms with Crippen molar-refractivity contribution in [3.05, 3.63) is 72.0 Å². The van der Waals surface area contributed by atoms with E-state index in [4.69, 9.17) is 9.26 Å². The van der Waals surface area contributed by atoms with Crippen molar-refractivity contribution in [3.63, 3.8) is 0 Å². The fraction of sp³-hybridized carbons (Fsp3) is 0.286. The molecule has 0 radical (unpaired) electrons. The fourth-order valence-electron chi connectivity index (χ4n) is 3.26. The van der Waals surface area contributed by atoms with Crippen LogP contribution in [0.1, 0.15) is 29.1 Å². The Morgan fingerprint density at radius 1 is 1.21 bits per heavy atom. The van der Waals surface area contributed by atoms with Gasteiger partial charge in [0.1, 0.15) is 11.5 Å². The molecule has 1 amide bonds. The smallest absolute Gasteiger partial charge is 0.292 e. The summed E-state index contributed by atoms with van der Waals surface area (Å²) < 4.78 is 24.4. The number of rotatable bonds is 6. The number of benzene rings is 1. The van der Waals surface area contributed by atoms with E-state index in [0.717, 1.165) is 18.5 Å². The van der Waals surface area contributed by atoms with Gasteiger partial charge in [-0.25, -0.2) is 4.39 Å². The number of aromatic nitrogens is 2. The van der Waals surface area contributed by atoms with Crippen LogP contribution in [0.3, 0.4) is 0 Å². The zero-order valence-electron chi connectivity index (χ0n) is 15.3. The summed E-state index contributed by atoms with van der Waals surface area (Å²) in [5, 5.41) is 3.93. The molecule has 1 atom stereocenters. The molecule has 2 aromatic heterocycles. The van der Waals surface area contributed by atoms with Crippen LogP contribution in [0.25, 0.3) is 11.3 Å². The summed E-state index contributed by atoms with van der Waals surface area (Å²) >= 11 is 0. The third kappa shape index (κ3) is 4.26. The van der Waals surface area contributed by atoms with Crippen molar-refractivity contribution in [3.8, 4) is 11.3 Å². The molecule has 1 aliphatic rings. The van der Waals surface area contributed by atoms with E-state index in [2.05, 4.69) is 10.1 Å². The highest BCUT2D eigenvalue weighted by Gasteiger charge is 2.26. The van der Waals surface area contributed by atoms with E-state index in [1.807, 2.05) is 18.2 Å². The van der Waals surface area contributed by atoms with Crippen LogP contribution < -0.4 is 0 Å². The summed E-state index contributed by atoms with van der Waals surface area (Å²) in [5.74, 6) is -0.562. The number of halogens is 1. The van der Waals surface area contributed by atoms with Gasteiger partial charge < -0.3 is 14.2 Å². The van der Waals surface area contributed by atoms with Crippen molar-refractivity contribution in [1.82, 2.24) is 15.0 Å². The number of carbonyl (C=O) groups excluding carboxylic acids is 1. The Morgan fingerprint density at radius 2 is 2.14 bits per heavy atom. The third-order valence-corrected chi connectivity index (χ3v) is 4.66. The van der Waals surface area contributed by atoms with Crippen molar-refractivity contribution in [1.29, 1.82) is 0 Å². The van der Waals surface area contributed by atoms with Crippen molar-refractivity contribution < 1.29 is 18.4 Å². The molecule has 6 nitrogen and oxygen atoms in total. The van der Waals surface area contributed by atoms with E-state index >= 15 is 0 Å². The molecule has 1 fully saturated rings. The maximum absolute atomic E-state index is 13.5. The molecule has 3 heterocycles. The van der Waals surface area contributed by atoms with Crippen molar-refractivity contribution >= 4 is 5.91 Å². The Morgan fingerprint density at radius 3 is 2.89 bits per heavy atom. The second-order valence-electron chi connectivity index (χ2n) is 6.73. The van der Waals surface area contributed by atoms with Gasteiger partial charge in [0.25, 0.3) is 5.91 Å². The Balaban J connectivity index is 1.56. The van der Waals surface area contributed by atoms with Gasteiger partial charge >= 0.3 is 0 Å². The maximum atomic E-state index is 13.5. The molecule has 0 bridgehead atoms. The summed E-state index contributed by atoms with van der Waals surface area (Å²) in [5.41, 5.74) is 1.75. The van der Waals surface area contributed by atoms with Crippen LogP contribution >= 0.6 is 0 Å². The van der Waals surface area contributed by atoms with Gasteiger partial charge in [-0.2, -0.15) is 0 Å². The topological polar surface area (TPSA) is 68.5 Å². The number of hydrogen-bond acceptors (Lipinski definition) is 5. The number of hydrogen-bond donors (Lipinski definition) is 0. The lowest BCUT2D eigenvalue weighted by atomic mass is 10.1. The lowest BCUT2D eigenvalue weighted by Crippen LogP contribution is -2.37. The van der Waals surface area contributed by atoms with E-state index in [-0.39, 0.29) is 23.6 Å². The molecule has 28 heavy (non-hydrogen) atoms. The van der Waals surface area contributed by atoms with Gasteiger partial charge in [-0.15, -0.1) is 0 Å². The maximum Gasteiger partial charge on any atom is 0.292 e. The molecule has 0 saturated carbocycles. The lowest BCUT2D eigenvalue weighted by Gasteiger charge is -2.24. The first-order valence-electron chi connectivity index (χ1n) is 9.22. The molecule has 144 valence electrons. The number of nitrogens with zero attached hydrogens (tertiary/aromatic N) is 3. The number of amides is 1. The molecule has 1 unspecified atom stereocenters. The predicted molar refractivity (Wildman–Crippen MR) is 99.8 cm³/mol. The van der Waals surface area contributed by atoms with E-state index in [1.54, 1.807) is 23.2 Å². The zero-order valence-corrected chi connectivity index (χ0v) is 15.3. The highest BCUT2D eigenvalue weighted by atomic mass is 19.1. The summed E-state index contributed by atoms with van der Waals surface area (Å²) in [4.78, 5) is 19.1. The van der Waals surface area contributed by atoms with Crippen molar-refractivity contribution in [2.45, 2.75) is 25.5 Å². The normalized spacial score (nSPS) is 16.2. The van der Waals surface area contributed by atoms with Crippen LogP contribution in [0.4, 0.5) is 4.39 Å². The van der Waals surface area contributed by atoms with Crippen LogP contribution in [0.2, 0.25) is 0 Å². The SMILES string of the molecule is O=C(c1cc(-c2cccc(F)c2)no1)N(Cc1ccccn1)CC1CCCO1. The minimum atomic E-state index is -0.372. The highest BCUT2D eigenvalue weighted by Crippen LogP contribution is 2.22. The van der Waals surface area contributed by atoms with E-state index in [0.29, 0.717) is 31.0 Å². The largest absolute Gasteiger partial charge is 0.376 e. The lowest BCUT2D eigenvalue weighted by molar-refractivity contribution is 0.0474. The van der Waals surface area contributed by atoms with Crippen LogP contribution in [0.15, 0.2) is 59.3 Å². The van der Waals surface area contributed by atoms with E-state index in [1.165, 1.54) is 18.2 Å². The van der Waals surface area contributed by atoms with Gasteiger partial charge in [0.15, 0.2) is 0 Å². The molecule has 0 N–H and O–H groups in total. The van der Waals surface area contributed by atoms with E-state index in [9.17, 15) is 9.18 Å². The van der Waals surface area contributed by atoms with Crippen molar-refractivity contribution in [2.24, 2.45) is 0 Å². The fourth-order valence-corrected chi connectivity index (χ4v) is 3.26. The number of carbonyl (C=O) groups is 1. The number of ether oxygens (including phenoxy) is 1. The highest BCUT2D eigenvalue weighted by molar-refractivity contribution is 5.92. The zero-order chi connectivity index (χ0) is 19.3. The number of pyridine rings is 1. The molecule has 7 heteroatoms.